The minimum absolute atomic E-state index is 0.161. The van der Waals surface area contributed by atoms with Gasteiger partial charge in [-0.3, -0.25) is 9.48 Å². The highest BCUT2D eigenvalue weighted by atomic mass is 32.1. The highest BCUT2D eigenvalue weighted by Crippen LogP contribution is 2.18. The maximum atomic E-state index is 12.2. The standard InChI is InChI=1S/C15H20N2OS/c1-4-13(5-2)17-7-6-12(16-17)8-15(18)14-10-19-9-11(14)3/h6-7,9-10,13H,4-5,8H2,1-3H3. The Hall–Kier alpha value is -1.42. The van der Waals surface area contributed by atoms with E-state index in [0.29, 0.717) is 12.5 Å². The van der Waals surface area contributed by atoms with Gasteiger partial charge in [0.15, 0.2) is 5.78 Å². The van der Waals surface area contributed by atoms with Crippen molar-refractivity contribution >= 4 is 17.1 Å². The molecule has 102 valence electrons. The smallest absolute Gasteiger partial charge is 0.169 e. The number of ketones is 1. The molecule has 0 radical (unpaired) electrons. The van der Waals surface area contributed by atoms with Crippen molar-refractivity contribution in [3.63, 3.8) is 0 Å². The van der Waals surface area contributed by atoms with E-state index in [1.807, 2.05) is 34.6 Å². The molecular formula is C15H20N2OS. The zero-order chi connectivity index (χ0) is 13.8. The largest absolute Gasteiger partial charge is 0.294 e. The summed E-state index contributed by atoms with van der Waals surface area (Å²) < 4.78 is 1.99. The maximum Gasteiger partial charge on any atom is 0.169 e. The van der Waals surface area contributed by atoms with Gasteiger partial charge in [0.1, 0.15) is 0 Å². The second kappa shape index (κ2) is 6.15. The third-order valence-corrected chi connectivity index (χ3v) is 4.34. The van der Waals surface area contributed by atoms with Gasteiger partial charge in [-0.1, -0.05) is 13.8 Å². The monoisotopic (exact) mass is 276 g/mol. The molecule has 2 aromatic heterocycles. The molecule has 2 heterocycles. The molecule has 2 rings (SSSR count). The van der Waals surface area contributed by atoms with E-state index in [0.717, 1.165) is 29.7 Å². The van der Waals surface area contributed by atoms with Crippen molar-refractivity contribution in [2.24, 2.45) is 0 Å². The van der Waals surface area contributed by atoms with Crippen LogP contribution in [0.4, 0.5) is 0 Å². The number of Topliss-reactive ketones (excluding diaryl/α,β-unsaturated/α-hetero) is 1. The quantitative estimate of drug-likeness (QED) is 0.746. The predicted octanol–water partition coefficient (Wildman–Crippen LogP) is 4.04. The highest BCUT2D eigenvalue weighted by Gasteiger charge is 2.14. The fourth-order valence-corrected chi connectivity index (χ4v) is 3.10. The zero-order valence-electron chi connectivity index (χ0n) is 11.7. The lowest BCUT2D eigenvalue weighted by Gasteiger charge is -2.12. The van der Waals surface area contributed by atoms with Crippen LogP contribution in [0.5, 0.6) is 0 Å². The van der Waals surface area contributed by atoms with Crippen LogP contribution in [0.25, 0.3) is 0 Å². The highest BCUT2D eigenvalue weighted by molar-refractivity contribution is 7.08. The van der Waals surface area contributed by atoms with Crippen molar-refractivity contribution < 1.29 is 4.79 Å². The summed E-state index contributed by atoms with van der Waals surface area (Å²) in [5.74, 6) is 0.161. The third-order valence-electron chi connectivity index (χ3n) is 3.48. The van der Waals surface area contributed by atoms with Crippen LogP contribution in [0.1, 0.15) is 54.3 Å². The van der Waals surface area contributed by atoms with E-state index in [1.54, 1.807) is 11.3 Å². The minimum Gasteiger partial charge on any atom is -0.294 e. The zero-order valence-corrected chi connectivity index (χ0v) is 12.5. The molecule has 3 nitrogen and oxygen atoms in total. The number of carbonyl (C=O) groups excluding carboxylic acids is 1. The number of thiophene rings is 1. The maximum absolute atomic E-state index is 12.2. The van der Waals surface area contributed by atoms with E-state index in [9.17, 15) is 4.79 Å². The van der Waals surface area contributed by atoms with Crippen LogP contribution in [0.2, 0.25) is 0 Å². The Morgan fingerprint density at radius 2 is 2.11 bits per heavy atom. The molecule has 0 fully saturated rings. The Labute approximate surface area is 118 Å². The van der Waals surface area contributed by atoms with Crippen molar-refractivity contribution in [1.29, 1.82) is 0 Å². The Morgan fingerprint density at radius 1 is 1.37 bits per heavy atom. The molecule has 19 heavy (non-hydrogen) atoms. The normalized spacial score (nSPS) is 11.2. The van der Waals surface area contributed by atoms with Crippen LogP contribution in [-0.4, -0.2) is 15.6 Å². The third kappa shape index (κ3) is 3.13. The molecular weight excluding hydrogens is 256 g/mol. The van der Waals surface area contributed by atoms with E-state index in [4.69, 9.17) is 0 Å². The van der Waals surface area contributed by atoms with E-state index in [-0.39, 0.29) is 5.78 Å². The predicted molar refractivity (Wildman–Crippen MR) is 78.9 cm³/mol. The van der Waals surface area contributed by atoms with Gasteiger partial charge in [-0.2, -0.15) is 16.4 Å². The first kappa shape index (κ1) is 14.0. The number of hydrogen-bond donors (Lipinski definition) is 0. The lowest BCUT2D eigenvalue weighted by molar-refractivity contribution is 0.0991. The number of rotatable bonds is 6. The number of aromatic nitrogens is 2. The molecule has 0 amide bonds. The first-order valence-corrected chi connectivity index (χ1v) is 7.70. The number of aryl methyl sites for hydroxylation is 1. The van der Waals surface area contributed by atoms with Crippen molar-refractivity contribution in [2.75, 3.05) is 0 Å². The van der Waals surface area contributed by atoms with Gasteiger partial charge in [-0.25, -0.2) is 0 Å². The summed E-state index contributed by atoms with van der Waals surface area (Å²) in [6.45, 7) is 6.30. The molecule has 0 saturated heterocycles. The average Bonchev–Trinajstić information content (AvgIpc) is 3.00. The van der Waals surface area contributed by atoms with Gasteiger partial charge in [-0.15, -0.1) is 0 Å². The Kier molecular flexibility index (Phi) is 4.53. The van der Waals surface area contributed by atoms with Gasteiger partial charge in [0.05, 0.1) is 18.2 Å². The van der Waals surface area contributed by atoms with Crippen molar-refractivity contribution in [3.05, 3.63) is 39.8 Å². The summed E-state index contributed by atoms with van der Waals surface area (Å²) in [4.78, 5) is 12.2. The lowest BCUT2D eigenvalue weighted by Crippen LogP contribution is -2.09. The van der Waals surface area contributed by atoms with Crippen molar-refractivity contribution in [2.45, 2.75) is 46.1 Å². The van der Waals surface area contributed by atoms with Crippen molar-refractivity contribution in [1.82, 2.24) is 9.78 Å². The molecule has 0 aromatic carbocycles. The Bertz CT molecular complexity index is 552. The van der Waals surface area contributed by atoms with Crippen LogP contribution in [-0.2, 0) is 6.42 Å². The first-order chi connectivity index (χ1) is 9.15. The van der Waals surface area contributed by atoms with Gasteiger partial charge < -0.3 is 0 Å². The molecule has 0 unspecified atom stereocenters. The molecule has 0 spiro atoms. The Morgan fingerprint density at radius 3 is 2.68 bits per heavy atom. The van der Waals surface area contributed by atoms with E-state index < -0.39 is 0 Å². The summed E-state index contributed by atoms with van der Waals surface area (Å²) in [5.41, 5.74) is 2.76. The van der Waals surface area contributed by atoms with Crippen LogP contribution in [0, 0.1) is 6.92 Å². The van der Waals surface area contributed by atoms with Crippen LogP contribution in [0.3, 0.4) is 0 Å². The number of hydrogen-bond acceptors (Lipinski definition) is 3. The first-order valence-electron chi connectivity index (χ1n) is 6.75. The van der Waals surface area contributed by atoms with Crippen molar-refractivity contribution in [3.8, 4) is 0 Å². The number of carbonyl (C=O) groups is 1. The molecule has 0 aliphatic carbocycles. The summed E-state index contributed by atoms with van der Waals surface area (Å²) in [5, 5.41) is 8.47. The second-order valence-corrected chi connectivity index (χ2v) is 5.57. The van der Waals surface area contributed by atoms with Crippen LogP contribution in [0.15, 0.2) is 23.0 Å². The molecule has 0 aliphatic heterocycles. The van der Waals surface area contributed by atoms with Gasteiger partial charge in [0.25, 0.3) is 0 Å². The van der Waals surface area contributed by atoms with Gasteiger partial charge in [-0.05, 0) is 36.8 Å². The van der Waals surface area contributed by atoms with Crippen LogP contribution < -0.4 is 0 Å². The van der Waals surface area contributed by atoms with Gasteiger partial charge in [0, 0.05) is 17.1 Å². The van der Waals surface area contributed by atoms with Gasteiger partial charge >= 0.3 is 0 Å². The SMILES string of the molecule is CCC(CC)n1ccc(CC(=O)c2cscc2C)n1. The lowest BCUT2D eigenvalue weighted by atomic mass is 10.1. The molecule has 2 aromatic rings. The Balaban J connectivity index is 2.08. The summed E-state index contributed by atoms with van der Waals surface area (Å²) in [7, 11) is 0. The molecule has 4 heteroatoms. The second-order valence-electron chi connectivity index (χ2n) is 4.83. The fraction of sp³-hybridized carbons (Fsp3) is 0.467. The average molecular weight is 276 g/mol. The van der Waals surface area contributed by atoms with E-state index in [1.165, 1.54) is 0 Å². The van der Waals surface area contributed by atoms with Crippen LogP contribution >= 0.6 is 11.3 Å². The molecule has 0 bridgehead atoms. The summed E-state index contributed by atoms with van der Waals surface area (Å²) in [6, 6.07) is 2.39. The number of nitrogens with zero attached hydrogens (tertiary/aromatic N) is 2. The van der Waals surface area contributed by atoms with Gasteiger partial charge in [0.2, 0.25) is 0 Å². The molecule has 0 N–H and O–H groups in total. The van der Waals surface area contributed by atoms with E-state index >= 15 is 0 Å². The van der Waals surface area contributed by atoms with E-state index in [2.05, 4.69) is 18.9 Å². The topological polar surface area (TPSA) is 34.9 Å². The summed E-state index contributed by atoms with van der Waals surface area (Å²) in [6.07, 6.45) is 4.51. The summed E-state index contributed by atoms with van der Waals surface area (Å²) >= 11 is 1.58. The molecule has 0 atom stereocenters. The molecule has 0 aliphatic rings. The fourth-order valence-electron chi connectivity index (χ4n) is 2.24. The molecule has 0 saturated carbocycles. The minimum atomic E-state index is 0.161.